The average Bonchev–Trinajstić information content (AvgIpc) is 2.66. The van der Waals surface area contributed by atoms with Crippen molar-refractivity contribution < 1.29 is 16.3 Å². The van der Waals surface area contributed by atoms with Gasteiger partial charge in [-0.2, -0.15) is 11.8 Å². The van der Waals surface area contributed by atoms with E-state index < -0.39 is 0 Å². The average molecular weight is 304 g/mol. The van der Waals surface area contributed by atoms with Gasteiger partial charge in [-0.05, 0) is 48.4 Å². The van der Waals surface area contributed by atoms with E-state index in [1.54, 1.807) is 17.8 Å². The maximum absolute atomic E-state index is 9.98. The van der Waals surface area contributed by atoms with Gasteiger partial charge in [-0.25, -0.2) is 0 Å². The van der Waals surface area contributed by atoms with Gasteiger partial charge in [0.25, 0.3) is 0 Å². The highest BCUT2D eigenvalue weighted by Gasteiger charge is 2.19. The molecule has 0 saturated carbocycles. The number of aromatic hydroxyl groups is 2. The molecule has 1 heterocycles. The predicted octanol–water partition coefficient (Wildman–Crippen LogP) is 3.89. The molecule has 2 aromatic rings. The molecule has 0 radical (unpaired) electrons. The Bertz CT molecular complexity index is 688. The third-order valence-corrected chi connectivity index (χ3v) is 4.19. The highest BCUT2D eigenvalue weighted by atomic mass is 32.2. The molecule has 1 aliphatic heterocycles. The van der Waals surface area contributed by atoms with Crippen molar-refractivity contribution in [3.63, 3.8) is 0 Å². The standard InChI is InChI=1S/C17H18O3S/c1-21-7-6-11-2-5-16-12(8-11)3-4-14-15(19)9-13(18)10-17(14)20-16/h2,5,8-10,18-19H,3-4,6-7H2,1H3/i1T. The van der Waals surface area contributed by atoms with Crippen molar-refractivity contribution in [2.24, 2.45) is 0 Å². The largest absolute Gasteiger partial charge is 0.508 e. The lowest BCUT2D eigenvalue weighted by Crippen LogP contribution is -1.94. The minimum absolute atomic E-state index is 0.00346. The molecule has 0 bridgehead atoms. The van der Waals surface area contributed by atoms with Crippen molar-refractivity contribution in [3.05, 3.63) is 47.0 Å². The van der Waals surface area contributed by atoms with Crippen LogP contribution >= 0.6 is 11.8 Å². The first kappa shape index (κ1) is 12.9. The predicted molar refractivity (Wildman–Crippen MR) is 85.8 cm³/mol. The second kappa shape index (κ2) is 5.90. The monoisotopic (exact) mass is 304 g/mol. The van der Waals surface area contributed by atoms with Crippen molar-refractivity contribution in [3.8, 4) is 23.0 Å². The first-order valence-corrected chi connectivity index (χ1v) is 8.04. The van der Waals surface area contributed by atoms with Gasteiger partial charge in [0.05, 0.1) is 0 Å². The zero-order valence-electron chi connectivity index (χ0n) is 12.6. The Morgan fingerprint density at radius 3 is 2.95 bits per heavy atom. The maximum atomic E-state index is 9.98. The van der Waals surface area contributed by atoms with Crippen LogP contribution in [-0.4, -0.2) is 22.2 Å². The number of hydrogen-bond acceptors (Lipinski definition) is 4. The smallest absolute Gasteiger partial charge is 0.138 e. The van der Waals surface area contributed by atoms with Crippen LogP contribution in [0.4, 0.5) is 0 Å². The van der Waals surface area contributed by atoms with E-state index in [1.165, 1.54) is 11.6 Å². The second-order valence-corrected chi connectivity index (χ2v) is 5.96. The highest BCUT2D eigenvalue weighted by Crippen LogP contribution is 2.40. The highest BCUT2D eigenvalue weighted by molar-refractivity contribution is 7.98. The van der Waals surface area contributed by atoms with E-state index in [4.69, 9.17) is 6.11 Å². The molecule has 0 spiro atoms. The Balaban J connectivity index is 1.86. The maximum Gasteiger partial charge on any atom is 0.138 e. The molecular weight excluding hydrogens is 284 g/mol. The lowest BCUT2D eigenvalue weighted by atomic mass is 10.0. The van der Waals surface area contributed by atoms with E-state index >= 15 is 0 Å². The number of rotatable bonds is 3. The van der Waals surface area contributed by atoms with Crippen LogP contribution in [0.2, 0.25) is 0 Å². The minimum atomic E-state index is 0.00346. The fourth-order valence-corrected chi connectivity index (χ4v) is 2.99. The molecule has 2 N–H and O–H groups in total. The molecule has 4 heteroatoms. The number of fused-ring (bicyclic) bond motifs is 2. The molecule has 3 rings (SSSR count). The number of phenolic OH excluding ortho intramolecular Hbond substituents is 2. The Kier molecular flexibility index (Phi) is 3.62. The summed E-state index contributed by atoms with van der Waals surface area (Å²) in [5.41, 5.74) is 3.09. The number of thioether (sulfide) groups is 1. The van der Waals surface area contributed by atoms with E-state index in [9.17, 15) is 10.2 Å². The van der Waals surface area contributed by atoms with Crippen LogP contribution in [0.1, 0.15) is 18.1 Å². The van der Waals surface area contributed by atoms with Gasteiger partial charge in [-0.3, -0.25) is 0 Å². The number of hydrogen-bond donors (Lipinski definition) is 2. The van der Waals surface area contributed by atoms with Gasteiger partial charge >= 0.3 is 0 Å². The Morgan fingerprint density at radius 2 is 2.10 bits per heavy atom. The molecule has 1 aliphatic rings. The summed E-state index contributed by atoms with van der Waals surface area (Å²) < 4.78 is 13.0. The summed E-state index contributed by atoms with van der Waals surface area (Å²) >= 11 is 1.61. The van der Waals surface area contributed by atoms with Gasteiger partial charge in [0.2, 0.25) is 0 Å². The van der Waals surface area contributed by atoms with Gasteiger partial charge < -0.3 is 14.9 Å². The van der Waals surface area contributed by atoms with Crippen LogP contribution in [0.15, 0.2) is 30.3 Å². The Hall–Kier alpha value is -1.81. The van der Waals surface area contributed by atoms with E-state index in [-0.39, 0.29) is 11.5 Å². The zero-order valence-corrected chi connectivity index (χ0v) is 12.4. The SMILES string of the molecule is [3H]CSCCc1ccc2c(c1)CCc1c(O)cc(O)cc1O2. The van der Waals surface area contributed by atoms with Crippen molar-refractivity contribution in [2.45, 2.75) is 19.3 Å². The third-order valence-electron chi connectivity index (χ3n) is 3.69. The van der Waals surface area contributed by atoms with Gasteiger partial charge in [0.15, 0.2) is 0 Å². The van der Waals surface area contributed by atoms with Crippen molar-refractivity contribution in [1.29, 1.82) is 0 Å². The molecule has 0 amide bonds. The van der Waals surface area contributed by atoms with Crippen molar-refractivity contribution >= 4 is 11.8 Å². The Labute approximate surface area is 130 Å². The molecule has 0 saturated heterocycles. The number of benzene rings is 2. The summed E-state index contributed by atoms with van der Waals surface area (Å²) in [6, 6.07) is 9.02. The lowest BCUT2D eigenvalue weighted by Gasteiger charge is -2.11. The third kappa shape index (κ3) is 2.95. The topological polar surface area (TPSA) is 49.7 Å². The molecule has 0 aromatic heterocycles. The van der Waals surface area contributed by atoms with Gasteiger partial charge in [0.1, 0.15) is 23.0 Å². The van der Waals surface area contributed by atoms with Crippen LogP contribution in [0.25, 0.3) is 0 Å². The molecule has 0 aliphatic carbocycles. The van der Waals surface area contributed by atoms with Crippen LogP contribution < -0.4 is 4.74 Å². The summed E-state index contributed by atoms with van der Waals surface area (Å²) in [5.74, 6) is 2.32. The molecule has 110 valence electrons. The van der Waals surface area contributed by atoms with Crippen molar-refractivity contribution in [1.82, 2.24) is 0 Å². The van der Waals surface area contributed by atoms with E-state index in [1.807, 2.05) is 12.1 Å². The molecule has 0 unspecified atom stereocenters. The van der Waals surface area contributed by atoms with Gasteiger partial charge in [0, 0.05) is 19.1 Å². The first-order chi connectivity index (χ1) is 10.7. The van der Waals surface area contributed by atoms with Gasteiger partial charge in [-0.15, -0.1) is 0 Å². The number of phenols is 2. The lowest BCUT2D eigenvalue weighted by molar-refractivity contribution is 0.427. The zero-order chi connectivity index (χ0) is 15.5. The quantitative estimate of drug-likeness (QED) is 0.845. The normalized spacial score (nSPS) is 13.6. The van der Waals surface area contributed by atoms with Crippen LogP contribution in [0.5, 0.6) is 23.0 Å². The summed E-state index contributed by atoms with van der Waals surface area (Å²) in [6.07, 6.45) is 2.81. The number of ether oxygens (including phenoxy) is 1. The van der Waals surface area contributed by atoms with E-state index in [2.05, 4.69) is 6.07 Å². The fraction of sp³-hybridized carbons (Fsp3) is 0.294. The molecule has 3 nitrogen and oxygen atoms in total. The fourth-order valence-electron chi connectivity index (χ4n) is 2.61. The molecule has 2 aromatic carbocycles. The molecule has 0 atom stereocenters. The van der Waals surface area contributed by atoms with Gasteiger partial charge in [-0.1, -0.05) is 12.1 Å². The molecule has 21 heavy (non-hydrogen) atoms. The van der Waals surface area contributed by atoms with Crippen LogP contribution in [-0.2, 0) is 19.3 Å². The molecule has 0 fully saturated rings. The number of aryl methyl sites for hydroxylation is 2. The van der Waals surface area contributed by atoms with Crippen LogP contribution in [0, 0.1) is 0 Å². The van der Waals surface area contributed by atoms with E-state index in [0.717, 1.165) is 35.5 Å². The summed E-state index contributed by atoms with van der Waals surface area (Å²) in [5, 5.41) is 19.6. The van der Waals surface area contributed by atoms with E-state index in [0.29, 0.717) is 18.4 Å². The summed E-state index contributed by atoms with van der Waals surface area (Å²) in [7, 11) is 0. The Morgan fingerprint density at radius 1 is 1.19 bits per heavy atom. The minimum Gasteiger partial charge on any atom is -0.508 e. The first-order valence-electron chi connectivity index (χ1n) is 7.59. The molecular formula is C17H18O3S. The second-order valence-electron chi connectivity index (χ2n) is 5.14. The van der Waals surface area contributed by atoms with Crippen molar-refractivity contribution in [2.75, 3.05) is 12.0 Å². The summed E-state index contributed by atoms with van der Waals surface area (Å²) in [4.78, 5) is 0. The van der Waals surface area contributed by atoms with Crippen LogP contribution in [0.3, 0.4) is 0 Å². The summed E-state index contributed by atoms with van der Waals surface area (Å²) in [6.45, 7) is 0.